The molecule has 0 bridgehead atoms. The van der Waals surface area contributed by atoms with Gasteiger partial charge in [-0.25, -0.2) is 0 Å². The highest BCUT2D eigenvalue weighted by Gasteiger charge is 2.20. The van der Waals surface area contributed by atoms with Gasteiger partial charge < -0.3 is 14.6 Å². The Morgan fingerprint density at radius 3 is 2.62 bits per heavy atom. The van der Waals surface area contributed by atoms with E-state index in [-0.39, 0.29) is 6.10 Å². The predicted octanol–water partition coefficient (Wildman–Crippen LogP) is 2.46. The Kier molecular flexibility index (Phi) is 4.77. The molecule has 3 heteroatoms. The fourth-order valence-electron chi connectivity index (χ4n) is 1.69. The minimum Gasteiger partial charge on any atom is -0.496 e. The lowest BCUT2D eigenvalue weighted by Crippen LogP contribution is -2.19. The van der Waals surface area contributed by atoms with Crippen LogP contribution >= 0.6 is 0 Å². The van der Waals surface area contributed by atoms with Crippen molar-refractivity contribution in [2.24, 2.45) is 0 Å². The van der Waals surface area contributed by atoms with Gasteiger partial charge in [0.2, 0.25) is 0 Å². The predicted molar refractivity (Wildman–Crippen MR) is 63.8 cm³/mol. The van der Waals surface area contributed by atoms with Crippen LogP contribution in [0.5, 0.6) is 5.75 Å². The number of rotatable bonds is 5. The summed E-state index contributed by atoms with van der Waals surface area (Å²) in [6.45, 7) is 6.35. The van der Waals surface area contributed by atoms with Crippen molar-refractivity contribution in [2.75, 3.05) is 13.7 Å². The molecule has 1 rings (SSSR count). The molecule has 16 heavy (non-hydrogen) atoms. The first-order chi connectivity index (χ1) is 7.60. The van der Waals surface area contributed by atoms with E-state index in [1.165, 1.54) is 0 Å². The molecule has 1 aromatic carbocycles. The number of aryl methyl sites for hydroxylation is 1. The maximum Gasteiger partial charge on any atom is 0.124 e. The molecule has 0 aromatic heterocycles. The maximum absolute atomic E-state index is 10.2. The van der Waals surface area contributed by atoms with E-state index in [1.54, 1.807) is 7.11 Å². The molecule has 0 spiro atoms. The quantitative estimate of drug-likeness (QED) is 0.835. The highest BCUT2D eigenvalue weighted by molar-refractivity contribution is 5.38. The Balaban J connectivity index is 2.96. The molecule has 3 nitrogen and oxygen atoms in total. The van der Waals surface area contributed by atoms with Gasteiger partial charge >= 0.3 is 0 Å². The molecule has 1 N–H and O–H groups in total. The zero-order valence-corrected chi connectivity index (χ0v) is 10.4. The summed E-state index contributed by atoms with van der Waals surface area (Å²) in [6.07, 6.45) is -0.893. The first kappa shape index (κ1) is 13.0. The summed E-state index contributed by atoms with van der Waals surface area (Å²) < 4.78 is 10.6. The second-order valence-corrected chi connectivity index (χ2v) is 3.85. The van der Waals surface area contributed by atoms with Crippen molar-refractivity contribution in [2.45, 2.75) is 33.0 Å². The zero-order valence-electron chi connectivity index (χ0n) is 10.4. The molecule has 0 aliphatic carbocycles. The van der Waals surface area contributed by atoms with Gasteiger partial charge in [-0.2, -0.15) is 0 Å². The molecular weight excluding hydrogens is 204 g/mol. The van der Waals surface area contributed by atoms with E-state index >= 15 is 0 Å². The van der Waals surface area contributed by atoms with Crippen LogP contribution in [0.2, 0.25) is 0 Å². The Morgan fingerprint density at radius 2 is 2.06 bits per heavy atom. The molecule has 0 radical (unpaired) electrons. The summed E-state index contributed by atoms with van der Waals surface area (Å²) in [4.78, 5) is 0. The Hall–Kier alpha value is -1.06. The van der Waals surface area contributed by atoms with Gasteiger partial charge in [0.25, 0.3) is 0 Å². The van der Waals surface area contributed by atoms with Crippen molar-refractivity contribution >= 4 is 0 Å². The number of methoxy groups -OCH3 is 1. The Labute approximate surface area is 97.0 Å². The first-order valence-electron chi connectivity index (χ1n) is 5.54. The van der Waals surface area contributed by atoms with Gasteiger partial charge in [0.05, 0.1) is 13.2 Å². The number of hydrogen-bond donors (Lipinski definition) is 1. The maximum atomic E-state index is 10.2. The van der Waals surface area contributed by atoms with E-state index in [0.29, 0.717) is 12.4 Å². The molecule has 0 saturated heterocycles. The van der Waals surface area contributed by atoms with E-state index in [4.69, 9.17) is 9.47 Å². The van der Waals surface area contributed by atoms with Crippen molar-refractivity contribution < 1.29 is 14.6 Å². The van der Waals surface area contributed by atoms with Crippen molar-refractivity contribution in [3.8, 4) is 5.75 Å². The third kappa shape index (κ3) is 2.97. The SMILES string of the molecule is CCOC(C)C(O)c1cc(C)ccc1OC. The van der Waals surface area contributed by atoms with Gasteiger partial charge in [0.1, 0.15) is 11.9 Å². The van der Waals surface area contributed by atoms with Crippen LogP contribution < -0.4 is 4.74 Å². The first-order valence-corrected chi connectivity index (χ1v) is 5.54. The van der Waals surface area contributed by atoms with E-state index in [9.17, 15) is 5.11 Å². The van der Waals surface area contributed by atoms with Gasteiger partial charge in [0, 0.05) is 12.2 Å². The van der Waals surface area contributed by atoms with E-state index in [0.717, 1.165) is 11.1 Å². The van der Waals surface area contributed by atoms with E-state index < -0.39 is 6.10 Å². The van der Waals surface area contributed by atoms with Crippen LogP contribution in [-0.2, 0) is 4.74 Å². The largest absolute Gasteiger partial charge is 0.496 e. The standard InChI is InChI=1S/C13H20O3/c1-5-16-10(3)13(14)11-8-9(2)6-7-12(11)15-4/h6-8,10,13-14H,5H2,1-4H3. The smallest absolute Gasteiger partial charge is 0.124 e. The molecule has 0 fully saturated rings. The monoisotopic (exact) mass is 224 g/mol. The van der Waals surface area contributed by atoms with E-state index in [1.807, 2.05) is 39.0 Å². The van der Waals surface area contributed by atoms with E-state index in [2.05, 4.69) is 0 Å². The number of hydrogen-bond acceptors (Lipinski definition) is 3. The van der Waals surface area contributed by atoms with Gasteiger partial charge in [-0.3, -0.25) is 0 Å². The number of aliphatic hydroxyl groups excluding tert-OH is 1. The second-order valence-electron chi connectivity index (χ2n) is 3.85. The molecule has 0 saturated carbocycles. The normalized spacial score (nSPS) is 14.6. The van der Waals surface area contributed by atoms with Crippen LogP contribution in [0.4, 0.5) is 0 Å². The molecule has 1 aromatic rings. The summed E-state index contributed by atoms with van der Waals surface area (Å²) in [5.41, 5.74) is 1.88. The van der Waals surface area contributed by atoms with Gasteiger partial charge in [0.15, 0.2) is 0 Å². The van der Waals surface area contributed by atoms with Crippen LogP contribution in [0.3, 0.4) is 0 Å². The Bertz CT molecular complexity index is 336. The van der Waals surface area contributed by atoms with Crippen molar-refractivity contribution in [1.82, 2.24) is 0 Å². The fraction of sp³-hybridized carbons (Fsp3) is 0.538. The van der Waals surface area contributed by atoms with Gasteiger partial charge in [-0.1, -0.05) is 11.6 Å². The van der Waals surface area contributed by atoms with Gasteiger partial charge in [-0.15, -0.1) is 0 Å². The lowest BCUT2D eigenvalue weighted by Gasteiger charge is -2.21. The number of ether oxygens (including phenoxy) is 2. The van der Waals surface area contributed by atoms with Crippen LogP contribution in [0.25, 0.3) is 0 Å². The van der Waals surface area contributed by atoms with Crippen LogP contribution in [0.1, 0.15) is 31.1 Å². The average Bonchev–Trinajstić information content (AvgIpc) is 2.28. The third-order valence-electron chi connectivity index (χ3n) is 2.58. The van der Waals surface area contributed by atoms with Crippen molar-refractivity contribution in [1.29, 1.82) is 0 Å². The molecular formula is C13H20O3. The molecule has 0 aliphatic heterocycles. The molecule has 2 atom stereocenters. The molecule has 0 aliphatic rings. The van der Waals surface area contributed by atoms with Crippen LogP contribution in [0, 0.1) is 6.92 Å². The molecule has 90 valence electrons. The Morgan fingerprint density at radius 1 is 1.38 bits per heavy atom. The summed E-state index contributed by atoms with van der Waals surface area (Å²) in [5.74, 6) is 0.699. The zero-order chi connectivity index (χ0) is 12.1. The van der Waals surface area contributed by atoms with Crippen molar-refractivity contribution in [3.05, 3.63) is 29.3 Å². The lowest BCUT2D eigenvalue weighted by molar-refractivity contribution is -0.0236. The third-order valence-corrected chi connectivity index (χ3v) is 2.58. The summed E-state index contributed by atoms with van der Waals surface area (Å²) in [6, 6.07) is 5.76. The van der Waals surface area contributed by atoms with Crippen molar-refractivity contribution in [3.63, 3.8) is 0 Å². The van der Waals surface area contributed by atoms with Gasteiger partial charge in [-0.05, 0) is 32.9 Å². The molecule has 0 heterocycles. The average molecular weight is 224 g/mol. The van der Waals surface area contributed by atoms with Crippen LogP contribution in [0.15, 0.2) is 18.2 Å². The topological polar surface area (TPSA) is 38.7 Å². The highest BCUT2D eigenvalue weighted by Crippen LogP contribution is 2.29. The summed E-state index contributed by atoms with van der Waals surface area (Å²) >= 11 is 0. The summed E-state index contributed by atoms with van der Waals surface area (Å²) in [7, 11) is 1.60. The molecule has 0 amide bonds. The van der Waals surface area contributed by atoms with Crippen LogP contribution in [-0.4, -0.2) is 24.9 Å². The number of aliphatic hydroxyl groups is 1. The molecule has 2 unspecified atom stereocenters. The highest BCUT2D eigenvalue weighted by atomic mass is 16.5. The minimum absolute atomic E-state index is 0.235. The minimum atomic E-state index is -0.658. The second kappa shape index (κ2) is 5.87. The number of benzene rings is 1. The summed E-state index contributed by atoms with van der Waals surface area (Å²) in [5, 5.41) is 10.2. The lowest BCUT2D eigenvalue weighted by atomic mass is 10.0. The fourth-order valence-corrected chi connectivity index (χ4v) is 1.69.